The second-order valence-electron chi connectivity index (χ2n) is 2.34. The summed E-state index contributed by atoms with van der Waals surface area (Å²) < 4.78 is 10.3. The molecule has 0 spiro atoms. The Balaban J connectivity index is 0.000000183. The average Bonchev–Trinajstić information content (AvgIpc) is 2.60. The van der Waals surface area contributed by atoms with Gasteiger partial charge in [-0.1, -0.05) is 11.2 Å². The van der Waals surface area contributed by atoms with Crippen molar-refractivity contribution in [3.8, 4) is 0 Å². The molecule has 0 unspecified atom stereocenters. The van der Waals surface area contributed by atoms with Gasteiger partial charge < -0.3 is 4.55 Å². The van der Waals surface area contributed by atoms with Gasteiger partial charge in [-0.2, -0.15) is 11.8 Å². The quantitative estimate of drug-likeness (QED) is 0.630. The van der Waals surface area contributed by atoms with Gasteiger partial charge in [0, 0.05) is 0 Å². The third-order valence-electron chi connectivity index (χ3n) is 1.47. The zero-order chi connectivity index (χ0) is 8.53. The van der Waals surface area contributed by atoms with E-state index in [0.717, 1.165) is 11.5 Å². The Morgan fingerprint density at radius 3 is 1.73 bits per heavy atom. The zero-order valence-corrected chi connectivity index (χ0v) is 9.10. The first-order chi connectivity index (χ1) is 5.31. The lowest BCUT2D eigenvalue weighted by Gasteiger charge is -2.01. The van der Waals surface area contributed by atoms with Gasteiger partial charge in [-0.05, 0) is 38.2 Å². The minimum absolute atomic E-state index is 0.534. The molecule has 0 bridgehead atoms. The molecule has 0 amide bonds. The Hall–Kier alpha value is 0.660. The number of thioether (sulfide) groups is 1. The van der Waals surface area contributed by atoms with E-state index >= 15 is 0 Å². The van der Waals surface area contributed by atoms with Crippen LogP contribution in [0.5, 0.6) is 0 Å². The van der Waals surface area contributed by atoms with Crippen molar-refractivity contribution >= 4 is 22.9 Å². The minimum Gasteiger partial charge on any atom is -0.616 e. The van der Waals surface area contributed by atoms with Gasteiger partial charge in [0.15, 0.2) is 0 Å². The van der Waals surface area contributed by atoms with Crippen LogP contribution >= 0.6 is 11.8 Å². The lowest BCUT2D eigenvalue weighted by molar-refractivity contribution is 0.597. The third kappa shape index (κ3) is 8.57. The molecule has 0 aliphatic carbocycles. The Kier molecular flexibility index (Phi) is 9.28. The Morgan fingerprint density at radius 2 is 1.64 bits per heavy atom. The van der Waals surface area contributed by atoms with Crippen LogP contribution in [0.3, 0.4) is 0 Å². The summed E-state index contributed by atoms with van der Waals surface area (Å²) in [4.78, 5) is 0. The topological polar surface area (TPSA) is 23.1 Å². The van der Waals surface area contributed by atoms with E-state index in [4.69, 9.17) is 0 Å². The maximum Gasteiger partial charge on any atom is 0.102 e. The highest BCUT2D eigenvalue weighted by Crippen LogP contribution is 2.14. The Labute approximate surface area is 77.5 Å². The summed E-state index contributed by atoms with van der Waals surface area (Å²) in [7, 11) is 0. The predicted octanol–water partition coefficient (Wildman–Crippen LogP) is 2.29. The van der Waals surface area contributed by atoms with Gasteiger partial charge >= 0.3 is 0 Å². The SMILES string of the molecule is C1CCSC1.CC[S+]([O-])CC. The summed E-state index contributed by atoms with van der Waals surface area (Å²) in [6.45, 7) is 3.86. The molecule has 0 N–H and O–H groups in total. The molecule has 1 aliphatic heterocycles. The first-order valence-electron chi connectivity index (χ1n) is 4.24. The number of rotatable bonds is 2. The zero-order valence-electron chi connectivity index (χ0n) is 7.47. The molecule has 0 aromatic carbocycles. The van der Waals surface area contributed by atoms with Crippen LogP contribution < -0.4 is 0 Å². The molecule has 0 saturated carbocycles. The summed E-state index contributed by atoms with van der Waals surface area (Å²) in [5.41, 5.74) is 0. The van der Waals surface area contributed by atoms with Gasteiger partial charge in [-0.15, -0.1) is 0 Å². The first-order valence-corrected chi connectivity index (χ1v) is 6.88. The van der Waals surface area contributed by atoms with Crippen LogP contribution in [0.4, 0.5) is 0 Å². The van der Waals surface area contributed by atoms with Crippen molar-refractivity contribution in [2.45, 2.75) is 26.7 Å². The van der Waals surface area contributed by atoms with Crippen molar-refractivity contribution < 1.29 is 4.55 Å². The normalized spacial score (nSPS) is 16.4. The highest BCUT2D eigenvalue weighted by atomic mass is 32.2. The molecule has 1 saturated heterocycles. The minimum atomic E-state index is -0.534. The Bertz CT molecular complexity index is 62.9. The van der Waals surface area contributed by atoms with Gasteiger partial charge in [-0.25, -0.2) is 0 Å². The maximum absolute atomic E-state index is 10.3. The van der Waals surface area contributed by atoms with Gasteiger partial charge in [0.05, 0.1) is 0 Å². The number of hydrogen-bond acceptors (Lipinski definition) is 2. The average molecular weight is 194 g/mol. The van der Waals surface area contributed by atoms with Gasteiger partial charge in [0.2, 0.25) is 0 Å². The summed E-state index contributed by atoms with van der Waals surface area (Å²) in [6.07, 6.45) is 2.93. The van der Waals surface area contributed by atoms with Crippen LogP contribution in [-0.2, 0) is 11.2 Å². The molecule has 0 atom stereocenters. The molecular formula is C8H18OS2. The summed E-state index contributed by atoms with van der Waals surface area (Å²) in [5.74, 6) is 4.44. The van der Waals surface area contributed by atoms with Crippen molar-refractivity contribution in [1.82, 2.24) is 0 Å². The van der Waals surface area contributed by atoms with E-state index in [1.165, 1.54) is 24.3 Å². The molecule has 0 aromatic heterocycles. The van der Waals surface area contributed by atoms with Gasteiger partial charge in [0.25, 0.3) is 0 Å². The lowest BCUT2D eigenvalue weighted by Crippen LogP contribution is -2.04. The summed E-state index contributed by atoms with van der Waals surface area (Å²) >= 11 is 1.54. The van der Waals surface area contributed by atoms with E-state index in [1.54, 1.807) is 0 Å². The standard InChI is InChI=1S/C4H10OS.C4H8S/c1-3-6(5)4-2;1-2-4-5-3-1/h3-4H2,1-2H3;1-4H2. The molecule has 3 heteroatoms. The second kappa shape index (κ2) is 8.75. The molecule has 1 rings (SSSR count). The molecule has 68 valence electrons. The molecule has 11 heavy (non-hydrogen) atoms. The molecule has 1 aliphatic rings. The largest absolute Gasteiger partial charge is 0.616 e. The fourth-order valence-corrected chi connectivity index (χ4v) is 2.14. The maximum atomic E-state index is 10.3. The second-order valence-corrected chi connectivity index (χ2v) is 5.60. The van der Waals surface area contributed by atoms with Gasteiger partial charge in [-0.3, -0.25) is 0 Å². The van der Waals surface area contributed by atoms with Crippen molar-refractivity contribution in [2.24, 2.45) is 0 Å². The predicted molar refractivity (Wildman–Crippen MR) is 55.8 cm³/mol. The van der Waals surface area contributed by atoms with Crippen LogP contribution in [-0.4, -0.2) is 27.6 Å². The lowest BCUT2D eigenvalue weighted by atomic mass is 10.4. The van der Waals surface area contributed by atoms with Crippen LogP contribution in [0.2, 0.25) is 0 Å². The first kappa shape index (κ1) is 11.7. The molecule has 1 fully saturated rings. The third-order valence-corrected chi connectivity index (χ3v) is 3.91. The Morgan fingerprint density at radius 1 is 1.18 bits per heavy atom. The van der Waals surface area contributed by atoms with E-state index < -0.39 is 11.2 Å². The fourth-order valence-electron chi connectivity index (χ4n) is 0.714. The van der Waals surface area contributed by atoms with E-state index in [9.17, 15) is 4.55 Å². The van der Waals surface area contributed by atoms with Crippen LogP contribution in [0.25, 0.3) is 0 Å². The van der Waals surface area contributed by atoms with Gasteiger partial charge in [0.1, 0.15) is 11.5 Å². The molecule has 0 radical (unpaired) electrons. The molecule has 0 aromatic rings. The van der Waals surface area contributed by atoms with Crippen LogP contribution in [0.15, 0.2) is 0 Å². The molecule has 1 nitrogen and oxygen atoms in total. The van der Waals surface area contributed by atoms with Crippen molar-refractivity contribution in [3.05, 3.63) is 0 Å². The van der Waals surface area contributed by atoms with E-state index in [0.29, 0.717) is 0 Å². The smallest absolute Gasteiger partial charge is 0.102 e. The van der Waals surface area contributed by atoms with E-state index in [2.05, 4.69) is 11.8 Å². The van der Waals surface area contributed by atoms with E-state index in [-0.39, 0.29) is 0 Å². The van der Waals surface area contributed by atoms with Crippen molar-refractivity contribution in [2.75, 3.05) is 23.0 Å². The molecular weight excluding hydrogens is 176 g/mol. The monoisotopic (exact) mass is 194 g/mol. The van der Waals surface area contributed by atoms with E-state index in [1.807, 2.05) is 13.8 Å². The van der Waals surface area contributed by atoms with Crippen molar-refractivity contribution in [3.63, 3.8) is 0 Å². The van der Waals surface area contributed by atoms with Crippen molar-refractivity contribution in [1.29, 1.82) is 0 Å². The van der Waals surface area contributed by atoms with Crippen LogP contribution in [0, 0.1) is 0 Å². The number of hydrogen-bond donors (Lipinski definition) is 0. The summed E-state index contributed by atoms with van der Waals surface area (Å²) in [5, 5.41) is 0. The molecule has 1 heterocycles. The summed E-state index contributed by atoms with van der Waals surface area (Å²) in [6, 6.07) is 0. The van der Waals surface area contributed by atoms with Crippen LogP contribution in [0.1, 0.15) is 26.7 Å². The highest BCUT2D eigenvalue weighted by molar-refractivity contribution is 7.99. The highest BCUT2D eigenvalue weighted by Gasteiger charge is 1.95. The fraction of sp³-hybridized carbons (Fsp3) is 1.00.